The van der Waals surface area contributed by atoms with Crippen LogP contribution in [0.3, 0.4) is 0 Å². The smallest absolute Gasteiger partial charge is 0.850 e. The van der Waals surface area contributed by atoms with Crippen LogP contribution < -0.4 is 86.7 Å². The van der Waals surface area contributed by atoms with Gasteiger partial charge in [0.15, 0.2) is 5.70 Å². The summed E-state index contributed by atoms with van der Waals surface area (Å²) in [6, 6.07) is 75.5. The number of allylic oxidation sites excluding steroid dienone is 1. The molecule has 0 saturated heterocycles. The summed E-state index contributed by atoms with van der Waals surface area (Å²) in [5, 5.41) is 21.6. The van der Waals surface area contributed by atoms with Gasteiger partial charge < -0.3 is 49.5 Å². The molecule has 1 atom stereocenters. The Bertz CT molecular complexity index is 4180. The number of aromatic nitrogens is 1. The predicted molar refractivity (Wildman–Crippen MR) is 397 cm³/mol. The monoisotopic (exact) mass is 1390 g/mol. The summed E-state index contributed by atoms with van der Waals surface area (Å²) in [7, 11) is 0. The molecule has 16 nitrogen and oxygen atoms in total. The molecule has 3 fully saturated rings. The largest absolute Gasteiger partial charge is 1.00 e. The van der Waals surface area contributed by atoms with Crippen LogP contribution in [0.15, 0.2) is 243 Å². The number of rotatable bonds is 25. The van der Waals surface area contributed by atoms with Crippen LogP contribution in [0.1, 0.15) is 106 Å². The van der Waals surface area contributed by atoms with Crippen LogP contribution in [0, 0.1) is 61.3 Å². The van der Waals surface area contributed by atoms with E-state index in [1.165, 1.54) is 5.56 Å². The van der Waals surface area contributed by atoms with Crippen molar-refractivity contribution in [2.75, 3.05) is 29.3 Å². The zero-order valence-electron chi connectivity index (χ0n) is 58.9. The van der Waals surface area contributed by atoms with Crippen LogP contribution in [-0.4, -0.2) is 42.0 Å². The quantitative estimate of drug-likeness (QED) is 0.0317. The minimum Gasteiger partial charge on any atom is -0.850 e. The molecule has 0 bridgehead atoms. The van der Waals surface area contributed by atoms with E-state index >= 15 is 0 Å². The first-order valence-corrected chi connectivity index (χ1v) is 33.9. The van der Waals surface area contributed by atoms with Crippen molar-refractivity contribution in [1.82, 2.24) is 4.57 Å². The topological polar surface area (TPSA) is 174 Å². The Kier molecular flexibility index (Phi) is 33.1. The van der Waals surface area contributed by atoms with E-state index in [-0.39, 0.29) is 82.1 Å². The molecule has 17 heteroatoms. The van der Waals surface area contributed by atoms with Crippen LogP contribution in [-0.2, 0) is 47.3 Å². The van der Waals surface area contributed by atoms with Crippen molar-refractivity contribution in [3.8, 4) is 29.0 Å². The molecule has 3 aliphatic rings. The second-order valence-corrected chi connectivity index (χ2v) is 26.0. The SMILES string of the molecule is CC(C)(C)[O-].CC1CC(C(C#N)C=O)C1.[C-]#[N+]CN(/C=C(\[N+]#[C-])C1CC(OCc2ccccc2)C1)c1ccc(OCc2ccccc2)cc1.[C-]#[N+]CNc1ccc(OCc2ccccc2)cc1.[C-]#[N+]c1c(N)c(C2CC(OCc3ccccc3)C2)cn1-c1ccc(OCc2ccccc2)cc1.[K+]. The van der Waals surface area contributed by atoms with Crippen molar-refractivity contribution in [3.05, 3.63) is 322 Å². The number of nitrogens with two attached hydrogens (primary N) is 1. The maximum Gasteiger partial charge on any atom is 1.00 e. The third-order valence-corrected chi connectivity index (χ3v) is 17.0. The zero-order chi connectivity index (χ0) is 71.6. The Morgan fingerprint density at radius 2 is 1.03 bits per heavy atom. The van der Waals surface area contributed by atoms with E-state index in [1.54, 1.807) is 20.8 Å². The van der Waals surface area contributed by atoms with E-state index in [0.29, 0.717) is 68.7 Å². The summed E-state index contributed by atoms with van der Waals surface area (Å²) < 4.78 is 31.3. The average Bonchev–Trinajstić information content (AvgIpc) is 1.62. The van der Waals surface area contributed by atoms with Gasteiger partial charge in [0.1, 0.15) is 55.0 Å². The third-order valence-electron chi connectivity index (χ3n) is 17.0. The van der Waals surface area contributed by atoms with Gasteiger partial charge in [0, 0.05) is 23.1 Å². The second kappa shape index (κ2) is 42.5. The zero-order valence-corrected chi connectivity index (χ0v) is 62.0. The molecule has 516 valence electrons. The van der Waals surface area contributed by atoms with Crippen molar-refractivity contribution in [3.63, 3.8) is 0 Å². The number of nitriles is 1. The molecule has 0 spiro atoms. The van der Waals surface area contributed by atoms with E-state index in [2.05, 4.69) is 55.9 Å². The van der Waals surface area contributed by atoms with Gasteiger partial charge >= 0.3 is 51.4 Å². The Balaban J connectivity index is 0.000000200. The first kappa shape index (κ1) is 79.5. The maximum absolute atomic E-state index is 10.3. The molecule has 9 aromatic rings. The molecule has 3 aliphatic carbocycles. The van der Waals surface area contributed by atoms with Gasteiger partial charge in [-0.1, -0.05) is 186 Å². The molecule has 0 radical (unpaired) electrons. The van der Waals surface area contributed by atoms with Gasteiger partial charge in [0.25, 0.3) is 19.2 Å². The van der Waals surface area contributed by atoms with Crippen molar-refractivity contribution in [2.24, 2.45) is 23.7 Å². The number of benzene rings is 8. The second-order valence-electron chi connectivity index (χ2n) is 26.0. The molecule has 1 unspecified atom stereocenters. The van der Waals surface area contributed by atoms with Crippen molar-refractivity contribution < 1.29 is 85.0 Å². The number of nitrogens with one attached hydrogen (secondary N) is 1. The number of aldehydes is 1. The molecule has 3 saturated carbocycles. The number of nitrogen functional groups attached to an aromatic ring is 1. The molecular weight excluding hydrogens is 1300 g/mol. The predicted octanol–water partition coefficient (Wildman–Crippen LogP) is 15.4. The molecule has 102 heavy (non-hydrogen) atoms. The maximum atomic E-state index is 10.3. The fourth-order valence-corrected chi connectivity index (χ4v) is 11.3. The van der Waals surface area contributed by atoms with Gasteiger partial charge in [0.2, 0.25) is 0 Å². The fraction of sp³-hybridized carbons (Fsp3) is 0.294. The molecule has 0 aliphatic heterocycles. The van der Waals surface area contributed by atoms with Crippen LogP contribution in [0.2, 0.25) is 0 Å². The number of hydrogen-bond donors (Lipinski definition) is 2. The van der Waals surface area contributed by atoms with E-state index in [9.17, 15) is 9.90 Å². The molecule has 0 amide bonds. The standard InChI is InChI=1S/2C29H27N3O2.C15H14N2O.C8H11NO.C4H9O.K/c1-31-29-28(30)27(23-16-26(17-23)34-20-22-10-6-3-7-11-22)18-32(29)24-12-14-25(15-13-24)33-19-21-8-4-2-5-9-21;1-30-22-32(26-13-15-27(16-14-26)33-20-23-9-5-3-6-10-23)19-29(31-2)25-17-28(18-25)34-21-24-11-7-4-8-12-24;1-16-12-17-14-7-9-15(10-8-14)18-11-13-5-3-2-4-6-13;1-6-2-7(3-6)8(4-9)5-10;1-4(2,3)5;/h2-15,18,23,26H,16-17,19-20,30H2;3-16,19,25,28H,17-18,20-22H2;2-10,17H,11-12H2;5-8H,2-3H2,1H3;1-3H3;/q;;;;-1;+1/b;29-19-;;;;. The number of carbonyl (C=O) groups is 1. The summed E-state index contributed by atoms with van der Waals surface area (Å²) >= 11 is 0. The first-order valence-electron chi connectivity index (χ1n) is 33.9. The van der Waals surface area contributed by atoms with Crippen LogP contribution >= 0.6 is 0 Å². The number of anilines is 3. The van der Waals surface area contributed by atoms with E-state index in [1.807, 2.05) is 228 Å². The molecule has 8 aromatic carbocycles. The first-order chi connectivity index (χ1) is 49.1. The van der Waals surface area contributed by atoms with Gasteiger partial charge in [0.05, 0.1) is 49.9 Å². The Morgan fingerprint density at radius 3 is 1.41 bits per heavy atom. The number of carbonyl (C=O) groups excluding carboxylic acids is 1. The van der Waals surface area contributed by atoms with E-state index < -0.39 is 5.60 Å². The van der Waals surface area contributed by atoms with Gasteiger partial charge in [-0.15, -0.1) is 5.60 Å². The minimum absolute atomic E-state index is 0. The van der Waals surface area contributed by atoms with Crippen molar-refractivity contribution in [2.45, 2.75) is 123 Å². The number of nitrogens with zero attached hydrogens (tertiary/aromatic N) is 7. The summed E-state index contributed by atoms with van der Waals surface area (Å²) in [6.45, 7) is 39.7. The summed E-state index contributed by atoms with van der Waals surface area (Å²) in [4.78, 5) is 26.4. The van der Waals surface area contributed by atoms with Crippen LogP contribution in [0.4, 0.5) is 22.9 Å². The Morgan fingerprint density at radius 1 is 0.618 bits per heavy atom. The summed E-state index contributed by atoms with van der Waals surface area (Å²) in [5.41, 5.74) is 16.4. The van der Waals surface area contributed by atoms with Gasteiger partial charge in [-0.25, -0.2) is 18.0 Å². The van der Waals surface area contributed by atoms with Crippen molar-refractivity contribution in [1.29, 1.82) is 5.26 Å². The molecule has 1 heterocycles. The average molecular weight is 1390 g/mol. The molecule has 1 aromatic heterocycles. The van der Waals surface area contributed by atoms with Crippen LogP contribution in [0.25, 0.3) is 25.1 Å². The van der Waals surface area contributed by atoms with Gasteiger partial charge in [-0.2, -0.15) is 5.26 Å². The Hall–Kier alpha value is -9.78. The van der Waals surface area contributed by atoms with Gasteiger partial charge in [-0.3, -0.25) is 19.2 Å². The molecule has 12 rings (SSSR count). The minimum atomic E-state index is -0.750. The summed E-state index contributed by atoms with van der Waals surface area (Å²) in [5.74, 6) is 4.07. The Labute approximate surface area is 645 Å². The normalized spacial score (nSPS) is 17.0. The van der Waals surface area contributed by atoms with E-state index in [4.69, 9.17) is 61.0 Å². The van der Waals surface area contributed by atoms with Crippen LogP contribution in [0.5, 0.6) is 17.2 Å². The van der Waals surface area contributed by atoms with Crippen molar-refractivity contribution >= 4 is 29.2 Å². The fourth-order valence-electron chi connectivity index (χ4n) is 11.3. The molecular formula is C85H88KN9O7. The third kappa shape index (κ3) is 26.6. The van der Waals surface area contributed by atoms with E-state index in [0.717, 1.165) is 113 Å². The summed E-state index contributed by atoms with van der Waals surface area (Å²) in [6.07, 6.45) is 10.6. The molecule has 3 N–H and O–H groups in total. The van der Waals surface area contributed by atoms with Gasteiger partial charge in [-0.05, 0) is 163 Å². The number of hydrogen-bond acceptors (Lipinski definition) is 11. The number of ether oxygens (including phenoxy) is 5.